The molecule has 1 aromatic carbocycles. The zero-order valence-electron chi connectivity index (χ0n) is 17.8. The van der Waals surface area contributed by atoms with Crippen LogP contribution < -0.4 is 20.3 Å². The van der Waals surface area contributed by atoms with Crippen molar-refractivity contribution in [3.8, 4) is 11.5 Å². The molecule has 9 heteroatoms. The molecule has 0 unspecified atom stereocenters. The molecule has 0 aliphatic heterocycles. The van der Waals surface area contributed by atoms with Crippen LogP contribution >= 0.6 is 23.1 Å². The van der Waals surface area contributed by atoms with Crippen LogP contribution in [0.5, 0.6) is 11.5 Å². The van der Waals surface area contributed by atoms with Crippen LogP contribution in [0.2, 0.25) is 0 Å². The minimum atomic E-state index is -0.0894. The monoisotopic (exact) mass is 459 g/mol. The highest BCUT2D eigenvalue weighted by molar-refractivity contribution is 7.99. The molecule has 31 heavy (non-hydrogen) atoms. The van der Waals surface area contributed by atoms with Crippen LogP contribution in [0.25, 0.3) is 10.2 Å². The summed E-state index contributed by atoms with van der Waals surface area (Å²) in [4.78, 5) is 31.9. The largest absolute Gasteiger partial charge is 0.493 e. The molecule has 0 spiro atoms. The molecular formula is C22H25N3O4S2. The lowest BCUT2D eigenvalue weighted by atomic mass is 10.1. The number of fused-ring (bicyclic) bond motifs is 3. The Labute approximate surface area is 188 Å². The van der Waals surface area contributed by atoms with E-state index in [0.29, 0.717) is 29.6 Å². The normalized spacial score (nSPS) is 12.7. The summed E-state index contributed by atoms with van der Waals surface area (Å²) in [7, 11) is 4.93. The summed E-state index contributed by atoms with van der Waals surface area (Å²) in [6.45, 7) is 0.512. The van der Waals surface area contributed by atoms with Crippen molar-refractivity contribution in [2.24, 2.45) is 7.05 Å². The number of aromatic nitrogens is 2. The van der Waals surface area contributed by atoms with Crippen LogP contribution in [0.3, 0.4) is 0 Å². The van der Waals surface area contributed by atoms with Gasteiger partial charge < -0.3 is 14.8 Å². The lowest BCUT2D eigenvalue weighted by Crippen LogP contribution is -2.28. The third-order valence-electron chi connectivity index (χ3n) is 5.42. The van der Waals surface area contributed by atoms with Gasteiger partial charge in [-0.1, -0.05) is 17.8 Å². The average molecular weight is 460 g/mol. The molecular weight excluding hydrogens is 434 g/mol. The standard InChI is InChI=1S/C22H25N3O4S2/c1-25-21(27)19-14-5-4-6-17(14)31-20(19)24-22(25)30-12-18(26)23-10-9-13-7-8-15(28-2)16(11-13)29-3/h7-8,11H,4-6,9-10,12H2,1-3H3,(H,23,26). The van der Waals surface area contributed by atoms with Gasteiger partial charge >= 0.3 is 0 Å². The molecule has 0 saturated heterocycles. The summed E-state index contributed by atoms with van der Waals surface area (Å²) in [6, 6.07) is 5.72. The summed E-state index contributed by atoms with van der Waals surface area (Å²) >= 11 is 2.91. The highest BCUT2D eigenvalue weighted by atomic mass is 32.2. The number of nitrogens with zero attached hydrogens (tertiary/aromatic N) is 2. The maximum atomic E-state index is 12.8. The van der Waals surface area contributed by atoms with Crippen molar-refractivity contribution in [1.82, 2.24) is 14.9 Å². The number of methoxy groups -OCH3 is 2. The second-order valence-electron chi connectivity index (χ2n) is 7.37. The second-order valence-corrected chi connectivity index (χ2v) is 9.40. The molecule has 1 aliphatic rings. The first-order valence-electron chi connectivity index (χ1n) is 10.1. The quantitative estimate of drug-likeness (QED) is 0.412. The summed E-state index contributed by atoms with van der Waals surface area (Å²) < 4.78 is 12.1. The molecule has 7 nitrogen and oxygen atoms in total. The fraction of sp³-hybridized carbons (Fsp3) is 0.409. The first-order chi connectivity index (χ1) is 15.0. The molecule has 1 amide bonds. The summed E-state index contributed by atoms with van der Waals surface area (Å²) in [5.41, 5.74) is 2.21. The van der Waals surface area contributed by atoms with Crippen molar-refractivity contribution in [3.63, 3.8) is 0 Å². The Morgan fingerprint density at radius 3 is 2.84 bits per heavy atom. The molecule has 1 aliphatic carbocycles. The first-order valence-corrected chi connectivity index (χ1v) is 11.9. The van der Waals surface area contributed by atoms with Gasteiger partial charge in [-0.05, 0) is 48.9 Å². The number of amides is 1. The fourth-order valence-corrected chi connectivity index (χ4v) is 5.90. The SMILES string of the molecule is COc1ccc(CCNC(=O)CSc2nc3sc4c(c3c(=O)n2C)CCC4)cc1OC. The minimum absolute atomic E-state index is 0.0132. The Hall–Kier alpha value is -2.52. The Kier molecular flexibility index (Phi) is 6.52. The van der Waals surface area contributed by atoms with E-state index < -0.39 is 0 Å². The number of hydrogen-bond donors (Lipinski definition) is 1. The Morgan fingerprint density at radius 1 is 1.26 bits per heavy atom. The number of ether oxygens (including phenoxy) is 2. The molecule has 2 aromatic heterocycles. The van der Waals surface area contributed by atoms with E-state index in [9.17, 15) is 9.59 Å². The molecule has 3 aromatic rings. The molecule has 0 bridgehead atoms. The number of nitrogens with one attached hydrogen (secondary N) is 1. The Bertz CT molecular complexity index is 1190. The van der Waals surface area contributed by atoms with Crippen molar-refractivity contribution < 1.29 is 14.3 Å². The molecule has 0 saturated carbocycles. The van der Waals surface area contributed by atoms with E-state index in [1.807, 2.05) is 18.2 Å². The topological polar surface area (TPSA) is 82.5 Å². The zero-order chi connectivity index (χ0) is 22.0. The summed E-state index contributed by atoms with van der Waals surface area (Å²) in [5, 5.41) is 4.27. The van der Waals surface area contributed by atoms with Crippen LogP contribution in [-0.2, 0) is 31.1 Å². The second kappa shape index (κ2) is 9.32. The number of carbonyl (C=O) groups is 1. The van der Waals surface area contributed by atoms with Gasteiger partial charge in [0.15, 0.2) is 16.7 Å². The number of aryl methyl sites for hydroxylation is 2. The zero-order valence-corrected chi connectivity index (χ0v) is 19.5. The van der Waals surface area contributed by atoms with E-state index in [0.717, 1.165) is 35.0 Å². The minimum Gasteiger partial charge on any atom is -0.493 e. The van der Waals surface area contributed by atoms with Crippen molar-refractivity contribution >= 4 is 39.2 Å². The highest BCUT2D eigenvalue weighted by Crippen LogP contribution is 2.35. The van der Waals surface area contributed by atoms with E-state index in [4.69, 9.17) is 9.47 Å². The number of hydrogen-bond acceptors (Lipinski definition) is 7. The van der Waals surface area contributed by atoms with Crippen molar-refractivity contribution in [1.29, 1.82) is 0 Å². The fourth-order valence-electron chi connectivity index (χ4n) is 3.80. The van der Waals surface area contributed by atoms with Crippen LogP contribution in [0.4, 0.5) is 0 Å². The maximum Gasteiger partial charge on any atom is 0.262 e. The smallest absolute Gasteiger partial charge is 0.262 e. The van der Waals surface area contributed by atoms with E-state index >= 15 is 0 Å². The van der Waals surface area contributed by atoms with Crippen molar-refractivity contribution in [2.75, 3.05) is 26.5 Å². The van der Waals surface area contributed by atoms with Gasteiger partial charge in [0.25, 0.3) is 5.56 Å². The van der Waals surface area contributed by atoms with Gasteiger partial charge in [0.2, 0.25) is 5.91 Å². The molecule has 164 valence electrons. The van der Waals surface area contributed by atoms with E-state index in [-0.39, 0.29) is 17.2 Å². The van der Waals surface area contributed by atoms with Crippen LogP contribution in [0.15, 0.2) is 28.2 Å². The van der Waals surface area contributed by atoms with Gasteiger partial charge in [-0.3, -0.25) is 14.2 Å². The van der Waals surface area contributed by atoms with E-state index in [1.165, 1.54) is 22.2 Å². The number of benzene rings is 1. The molecule has 2 heterocycles. The van der Waals surface area contributed by atoms with Crippen LogP contribution in [-0.4, -0.2) is 42.0 Å². The summed E-state index contributed by atoms with van der Waals surface area (Å²) in [5.74, 6) is 1.47. The molecule has 4 rings (SSSR count). The van der Waals surface area contributed by atoms with Gasteiger partial charge in [-0.2, -0.15) is 0 Å². The predicted molar refractivity (Wildman–Crippen MR) is 124 cm³/mol. The Morgan fingerprint density at radius 2 is 2.06 bits per heavy atom. The van der Waals surface area contributed by atoms with E-state index in [2.05, 4.69) is 10.3 Å². The summed E-state index contributed by atoms with van der Waals surface area (Å²) in [6.07, 6.45) is 3.78. The molecule has 0 fully saturated rings. The van der Waals surface area contributed by atoms with Gasteiger partial charge in [-0.15, -0.1) is 11.3 Å². The van der Waals surface area contributed by atoms with Crippen molar-refractivity contribution in [2.45, 2.75) is 30.8 Å². The first kappa shape index (κ1) is 21.7. The molecule has 0 atom stereocenters. The third kappa shape index (κ3) is 4.43. The maximum absolute atomic E-state index is 12.8. The number of carbonyl (C=O) groups excluding carboxylic acids is 1. The third-order valence-corrected chi connectivity index (χ3v) is 7.64. The molecule has 1 N–H and O–H groups in total. The van der Waals surface area contributed by atoms with Crippen molar-refractivity contribution in [3.05, 3.63) is 44.6 Å². The van der Waals surface area contributed by atoms with Gasteiger partial charge in [0.05, 0.1) is 25.4 Å². The van der Waals surface area contributed by atoms with Crippen LogP contribution in [0.1, 0.15) is 22.4 Å². The molecule has 0 radical (unpaired) electrons. The number of thioether (sulfide) groups is 1. The number of thiophene rings is 1. The predicted octanol–water partition coefficient (Wildman–Crippen LogP) is 2.95. The van der Waals surface area contributed by atoms with E-state index in [1.54, 1.807) is 37.2 Å². The highest BCUT2D eigenvalue weighted by Gasteiger charge is 2.22. The lowest BCUT2D eigenvalue weighted by Gasteiger charge is -2.10. The van der Waals surface area contributed by atoms with Gasteiger partial charge in [0.1, 0.15) is 4.83 Å². The Balaban J connectivity index is 1.34. The van der Waals surface area contributed by atoms with Crippen LogP contribution in [0, 0.1) is 0 Å². The average Bonchev–Trinajstić information content (AvgIpc) is 3.36. The van der Waals surface area contributed by atoms with Gasteiger partial charge in [0, 0.05) is 18.5 Å². The lowest BCUT2D eigenvalue weighted by molar-refractivity contribution is -0.118. The van der Waals surface area contributed by atoms with Gasteiger partial charge in [-0.25, -0.2) is 4.98 Å². The number of rotatable bonds is 8.